The van der Waals surface area contributed by atoms with E-state index in [1.165, 1.54) is 18.2 Å². The van der Waals surface area contributed by atoms with Crippen LogP contribution in [0.3, 0.4) is 0 Å². The van der Waals surface area contributed by atoms with Crippen molar-refractivity contribution in [2.24, 2.45) is 0 Å². The molecular weight excluding hydrogens is 574 g/mol. The number of carbonyl (C=O) groups excluding carboxylic acids is 2. The molecule has 0 spiro atoms. The van der Waals surface area contributed by atoms with Crippen LogP contribution >= 0.6 is 11.6 Å². The number of halogens is 3. The highest BCUT2D eigenvalue weighted by Gasteiger charge is 2.47. The fourth-order valence-electron chi connectivity index (χ4n) is 5.52. The van der Waals surface area contributed by atoms with Crippen molar-refractivity contribution in [3.63, 3.8) is 0 Å². The van der Waals surface area contributed by atoms with Crippen LogP contribution in [0.1, 0.15) is 50.1 Å². The first-order valence-corrected chi connectivity index (χ1v) is 15.4. The van der Waals surface area contributed by atoms with Gasteiger partial charge in [0.1, 0.15) is 29.5 Å². The Hall–Kier alpha value is -3.57. The van der Waals surface area contributed by atoms with E-state index < -0.39 is 51.3 Å². The van der Waals surface area contributed by atoms with Gasteiger partial charge in [0.05, 0.1) is 5.75 Å². The van der Waals surface area contributed by atoms with E-state index in [9.17, 15) is 26.8 Å². The summed E-state index contributed by atoms with van der Waals surface area (Å²) in [5, 5.41) is 3.24. The first kappa shape index (κ1) is 28.9. The number of hydrogen-bond acceptors (Lipinski definition) is 5. The van der Waals surface area contributed by atoms with E-state index >= 15 is 0 Å². The molecule has 216 valence electrons. The van der Waals surface area contributed by atoms with Gasteiger partial charge in [-0.25, -0.2) is 26.5 Å². The molecule has 3 aromatic rings. The second kappa shape index (κ2) is 12.1. The molecule has 2 aliphatic rings. The largest absolute Gasteiger partial charge is 0.351 e. The number of sulfonamides is 1. The quantitative estimate of drug-likeness (QED) is 0.403. The summed E-state index contributed by atoms with van der Waals surface area (Å²) in [6.45, 7) is 0. The molecule has 8 nitrogen and oxygen atoms in total. The summed E-state index contributed by atoms with van der Waals surface area (Å²) in [7, 11) is -4.06. The van der Waals surface area contributed by atoms with Crippen LogP contribution in [0.4, 0.5) is 20.3 Å². The third-order valence-corrected chi connectivity index (χ3v) is 9.57. The Balaban J connectivity index is 1.64. The zero-order valence-corrected chi connectivity index (χ0v) is 23.6. The minimum atomic E-state index is -4.06. The molecule has 5 rings (SSSR count). The summed E-state index contributed by atoms with van der Waals surface area (Å²) in [4.78, 5) is 33.6. The second-order valence-corrected chi connectivity index (χ2v) is 12.6. The van der Waals surface area contributed by atoms with Crippen LogP contribution in [0.5, 0.6) is 0 Å². The molecule has 2 amide bonds. The van der Waals surface area contributed by atoms with Gasteiger partial charge in [-0.15, -0.1) is 0 Å². The van der Waals surface area contributed by atoms with Crippen LogP contribution < -0.4 is 14.5 Å². The lowest BCUT2D eigenvalue weighted by molar-refractivity contribution is -0.127. The smallest absolute Gasteiger partial charge is 0.252 e. The molecule has 1 unspecified atom stereocenters. The van der Waals surface area contributed by atoms with Gasteiger partial charge in [-0.2, -0.15) is 0 Å². The standard InChI is InChI=1S/C29H29ClF2N4O4S/c30-24-12-5-4-11-23(24)27(28(37)34-21-8-2-1-3-9-21)35(22-10-6-7-19(31)17-22)29(38)25-14-16-41(39,40)36(25)26-18-20(32)13-15-33-26/h4-7,10-13,15,17-18,21,25,27H,1-3,8-9,14,16H2,(H,34,37)/t25?,27-/m0/s1. The minimum absolute atomic E-state index is 0.0372. The SMILES string of the molecule is O=C(NC1CCCCC1)[C@H](c1ccccc1Cl)N(C(=O)C1CCS(=O)(=O)N1c1cc(F)ccn1)c1cccc(F)c1. The van der Waals surface area contributed by atoms with Crippen LogP contribution in [0.2, 0.25) is 5.02 Å². The topological polar surface area (TPSA) is 99.7 Å². The number of pyridine rings is 1. The Bertz CT molecular complexity index is 1550. The van der Waals surface area contributed by atoms with E-state index in [-0.39, 0.29) is 34.6 Å². The van der Waals surface area contributed by atoms with Gasteiger partial charge in [0.25, 0.3) is 5.91 Å². The number of aromatic nitrogens is 1. The molecular formula is C29H29ClF2N4O4S. The fourth-order valence-corrected chi connectivity index (χ4v) is 7.45. The Morgan fingerprint density at radius 1 is 0.976 bits per heavy atom. The predicted octanol–water partition coefficient (Wildman–Crippen LogP) is 5.15. The summed E-state index contributed by atoms with van der Waals surface area (Å²) in [6, 6.07) is 10.8. The fraction of sp³-hybridized carbons (Fsp3) is 0.345. The Morgan fingerprint density at radius 3 is 2.41 bits per heavy atom. The van der Waals surface area contributed by atoms with E-state index in [0.717, 1.165) is 65.7 Å². The van der Waals surface area contributed by atoms with Crippen molar-refractivity contribution in [3.05, 3.63) is 89.1 Å². The number of nitrogens with zero attached hydrogens (tertiary/aromatic N) is 3. The molecule has 2 aromatic carbocycles. The summed E-state index contributed by atoms with van der Waals surface area (Å²) < 4.78 is 55.7. The van der Waals surface area contributed by atoms with Gasteiger partial charge in [0.15, 0.2) is 0 Å². The highest BCUT2D eigenvalue weighted by Crippen LogP contribution is 2.37. The maximum Gasteiger partial charge on any atom is 0.252 e. The van der Waals surface area contributed by atoms with Gasteiger partial charge in [-0.1, -0.05) is 55.1 Å². The lowest BCUT2D eigenvalue weighted by Gasteiger charge is -2.36. The first-order valence-electron chi connectivity index (χ1n) is 13.4. The molecule has 0 bridgehead atoms. The number of amides is 2. The van der Waals surface area contributed by atoms with Gasteiger partial charge in [-0.3, -0.25) is 14.5 Å². The molecule has 1 aliphatic carbocycles. The predicted molar refractivity (Wildman–Crippen MR) is 152 cm³/mol. The molecule has 41 heavy (non-hydrogen) atoms. The molecule has 2 atom stereocenters. The van der Waals surface area contributed by atoms with Crippen LogP contribution in [-0.4, -0.2) is 43.1 Å². The van der Waals surface area contributed by atoms with Crippen molar-refractivity contribution < 1.29 is 26.8 Å². The molecule has 1 aliphatic heterocycles. The Kier molecular flexibility index (Phi) is 8.55. The maximum atomic E-state index is 14.6. The van der Waals surface area contributed by atoms with Crippen molar-refractivity contribution in [1.29, 1.82) is 0 Å². The zero-order chi connectivity index (χ0) is 29.1. The molecule has 12 heteroatoms. The third-order valence-electron chi connectivity index (χ3n) is 7.43. The summed E-state index contributed by atoms with van der Waals surface area (Å²) >= 11 is 6.57. The minimum Gasteiger partial charge on any atom is -0.351 e. The van der Waals surface area contributed by atoms with Gasteiger partial charge < -0.3 is 5.32 Å². The molecule has 1 saturated carbocycles. The number of rotatable bonds is 7. The zero-order valence-electron chi connectivity index (χ0n) is 22.0. The number of hydrogen-bond donors (Lipinski definition) is 1. The van der Waals surface area contributed by atoms with Crippen molar-refractivity contribution >= 4 is 44.9 Å². The lowest BCUT2D eigenvalue weighted by atomic mass is 9.94. The molecule has 2 fully saturated rings. The lowest BCUT2D eigenvalue weighted by Crippen LogP contribution is -2.53. The van der Waals surface area contributed by atoms with Gasteiger partial charge in [0.2, 0.25) is 15.9 Å². The normalized spacial score (nSPS) is 19.5. The van der Waals surface area contributed by atoms with Crippen molar-refractivity contribution in [3.8, 4) is 0 Å². The Morgan fingerprint density at radius 2 is 1.71 bits per heavy atom. The molecule has 1 saturated heterocycles. The highest BCUT2D eigenvalue weighted by atomic mass is 35.5. The first-order chi connectivity index (χ1) is 19.7. The summed E-state index contributed by atoms with van der Waals surface area (Å²) in [5.74, 6) is -3.38. The molecule has 1 N–H and O–H groups in total. The highest BCUT2D eigenvalue weighted by molar-refractivity contribution is 7.93. The molecule has 2 heterocycles. The molecule has 0 radical (unpaired) electrons. The number of nitrogens with one attached hydrogen (secondary N) is 1. The van der Waals surface area contributed by atoms with Crippen LogP contribution in [0.15, 0.2) is 66.9 Å². The van der Waals surface area contributed by atoms with Crippen molar-refractivity contribution in [2.75, 3.05) is 15.0 Å². The monoisotopic (exact) mass is 602 g/mol. The summed E-state index contributed by atoms with van der Waals surface area (Å²) in [6.07, 6.45) is 5.46. The van der Waals surface area contributed by atoms with Gasteiger partial charge >= 0.3 is 0 Å². The van der Waals surface area contributed by atoms with Gasteiger partial charge in [0, 0.05) is 34.6 Å². The van der Waals surface area contributed by atoms with Crippen LogP contribution in [-0.2, 0) is 19.6 Å². The number of benzene rings is 2. The van der Waals surface area contributed by atoms with E-state index in [2.05, 4.69) is 10.3 Å². The number of anilines is 2. The maximum absolute atomic E-state index is 14.6. The van der Waals surface area contributed by atoms with Crippen LogP contribution in [0, 0.1) is 11.6 Å². The average Bonchev–Trinajstić information content (AvgIpc) is 3.27. The van der Waals surface area contributed by atoms with Gasteiger partial charge in [-0.05, 0) is 49.6 Å². The number of carbonyl (C=O) groups is 2. The van der Waals surface area contributed by atoms with E-state index in [0.29, 0.717) is 0 Å². The Labute approximate surface area is 242 Å². The van der Waals surface area contributed by atoms with E-state index in [1.807, 2.05) is 0 Å². The van der Waals surface area contributed by atoms with Crippen molar-refractivity contribution in [2.45, 2.75) is 56.7 Å². The van der Waals surface area contributed by atoms with Crippen LogP contribution in [0.25, 0.3) is 0 Å². The summed E-state index contributed by atoms with van der Waals surface area (Å²) in [5.41, 5.74) is 0.325. The third kappa shape index (κ3) is 6.20. The second-order valence-electron chi connectivity index (χ2n) is 10.2. The molecule has 1 aromatic heterocycles. The van der Waals surface area contributed by atoms with E-state index in [4.69, 9.17) is 11.6 Å². The van der Waals surface area contributed by atoms with E-state index in [1.54, 1.807) is 24.3 Å². The average molecular weight is 603 g/mol. The van der Waals surface area contributed by atoms with Crippen molar-refractivity contribution in [1.82, 2.24) is 10.3 Å².